The molecule has 0 saturated carbocycles. The quantitative estimate of drug-likeness (QED) is 0.794. The first-order chi connectivity index (χ1) is 13.1. The fourth-order valence-corrected chi connectivity index (χ4v) is 4.43. The zero-order chi connectivity index (χ0) is 20.3. The maximum atomic E-state index is 12.9. The summed E-state index contributed by atoms with van der Waals surface area (Å²) in [5.74, 6) is 0.196. The third kappa shape index (κ3) is 2.79. The molecule has 1 aromatic carbocycles. The smallest absolute Gasteiger partial charge is 0.399 e. The number of fused-ring (bicyclic) bond motifs is 2. The number of rotatable bonds is 2. The van der Waals surface area contributed by atoms with Crippen molar-refractivity contribution in [3.63, 3.8) is 0 Å². The standard InChI is InChI=1S/C21H29BN2O4/c1-6-17(25)24-11-9-21(10-12-24)15-8-7-14(13-16(15)23-18(21)26)22-27-19(2,3)20(4,5)28-22/h7-8,13H,6,9-12H2,1-5H3,(H,23,26). The normalized spacial score (nSPS) is 24.4. The van der Waals surface area contributed by atoms with Gasteiger partial charge in [0.25, 0.3) is 0 Å². The second kappa shape index (κ2) is 6.32. The minimum absolute atomic E-state index is 0.0390. The Morgan fingerprint density at radius 2 is 1.75 bits per heavy atom. The molecule has 1 spiro atoms. The van der Waals surface area contributed by atoms with E-state index in [1.807, 2.05) is 57.7 Å². The van der Waals surface area contributed by atoms with Crippen LogP contribution in [0.2, 0.25) is 0 Å². The van der Waals surface area contributed by atoms with Crippen LogP contribution < -0.4 is 10.8 Å². The number of carbonyl (C=O) groups excluding carboxylic acids is 2. The summed E-state index contributed by atoms with van der Waals surface area (Å²) in [5, 5.41) is 3.07. The van der Waals surface area contributed by atoms with E-state index >= 15 is 0 Å². The van der Waals surface area contributed by atoms with Crippen LogP contribution in [0.3, 0.4) is 0 Å². The molecule has 3 aliphatic rings. The Bertz CT molecular complexity index is 812. The molecule has 1 N–H and O–H groups in total. The van der Waals surface area contributed by atoms with E-state index < -0.39 is 23.7 Å². The lowest BCUT2D eigenvalue weighted by atomic mass is 9.71. The molecule has 0 unspecified atom stereocenters. The first-order valence-corrected chi connectivity index (χ1v) is 10.2. The Kier molecular flexibility index (Phi) is 4.40. The topological polar surface area (TPSA) is 67.9 Å². The summed E-state index contributed by atoms with van der Waals surface area (Å²) in [6.45, 7) is 11.2. The van der Waals surface area contributed by atoms with E-state index in [4.69, 9.17) is 9.31 Å². The maximum Gasteiger partial charge on any atom is 0.494 e. The van der Waals surface area contributed by atoms with Crippen molar-refractivity contribution in [2.24, 2.45) is 0 Å². The number of hydrogen-bond donors (Lipinski definition) is 1. The Labute approximate surface area is 167 Å². The first kappa shape index (κ1) is 19.5. The molecule has 0 bridgehead atoms. The van der Waals surface area contributed by atoms with E-state index in [1.54, 1.807) is 0 Å². The second-order valence-electron chi connectivity index (χ2n) is 9.16. The van der Waals surface area contributed by atoms with Crippen LogP contribution >= 0.6 is 0 Å². The van der Waals surface area contributed by atoms with Gasteiger partial charge >= 0.3 is 7.12 Å². The van der Waals surface area contributed by atoms with Crippen molar-refractivity contribution in [2.45, 2.75) is 70.5 Å². The molecule has 0 atom stereocenters. The van der Waals surface area contributed by atoms with Crippen molar-refractivity contribution in [2.75, 3.05) is 18.4 Å². The molecule has 2 fully saturated rings. The van der Waals surface area contributed by atoms with Gasteiger partial charge in [-0.1, -0.05) is 19.1 Å². The summed E-state index contributed by atoms with van der Waals surface area (Å²) < 4.78 is 12.3. The van der Waals surface area contributed by atoms with Gasteiger partial charge in [-0.15, -0.1) is 0 Å². The third-order valence-electron chi connectivity index (χ3n) is 7.04. The van der Waals surface area contributed by atoms with Crippen molar-refractivity contribution >= 4 is 30.1 Å². The number of nitrogens with zero attached hydrogens (tertiary/aromatic N) is 1. The molecule has 0 aromatic heterocycles. The highest BCUT2D eigenvalue weighted by molar-refractivity contribution is 6.62. The van der Waals surface area contributed by atoms with Crippen molar-refractivity contribution in [1.29, 1.82) is 0 Å². The molecule has 3 heterocycles. The molecule has 6 nitrogen and oxygen atoms in total. The first-order valence-electron chi connectivity index (χ1n) is 10.2. The molecule has 0 radical (unpaired) electrons. The van der Waals surface area contributed by atoms with Crippen molar-refractivity contribution in [3.8, 4) is 0 Å². The van der Waals surface area contributed by atoms with E-state index in [9.17, 15) is 9.59 Å². The number of piperidine rings is 1. The number of carbonyl (C=O) groups is 2. The van der Waals surface area contributed by atoms with Crippen molar-refractivity contribution in [1.82, 2.24) is 4.90 Å². The van der Waals surface area contributed by atoms with Gasteiger partial charge in [0.2, 0.25) is 11.8 Å². The number of likely N-dealkylation sites (tertiary alicyclic amines) is 1. The molecule has 0 aliphatic carbocycles. The number of amides is 2. The van der Waals surface area contributed by atoms with Crippen LogP contribution in [0.15, 0.2) is 18.2 Å². The second-order valence-corrected chi connectivity index (χ2v) is 9.16. The van der Waals surface area contributed by atoms with Crippen LogP contribution in [0.25, 0.3) is 0 Å². The van der Waals surface area contributed by atoms with Crippen molar-refractivity contribution in [3.05, 3.63) is 23.8 Å². The predicted molar refractivity (Wildman–Crippen MR) is 109 cm³/mol. The van der Waals surface area contributed by atoms with E-state index in [-0.39, 0.29) is 11.8 Å². The highest BCUT2D eigenvalue weighted by Crippen LogP contribution is 2.45. The Morgan fingerprint density at radius 3 is 2.32 bits per heavy atom. The minimum Gasteiger partial charge on any atom is -0.399 e. The van der Waals surface area contributed by atoms with Gasteiger partial charge in [0, 0.05) is 25.2 Å². The monoisotopic (exact) mass is 384 g/mol. The molecule has 4 rings (SSSR count). The average molecular weight is 384 g/mol. The lowest BCUT2D eigenvalue weighted by Crippen LogP contribution is -2.48. The number of nitrogens with one attached hydrogen (secondary N) is 1. The van der Waals surface area contributed by atoms with Gasteiger partial charge in [-0.25, -0.2) is 0 Å². The van der Waals surface area contributed by atoms with E-state index in [2.05, 4.69) is 5.32 Å². The molecule has 7 heteroatoms. The Balaban J connectivity index is 1.58. The van der Waals surface area contributed by atoms with Crippen LogP contribution in [-0.4, -0.2) is 48.1 Å². The average Bonchev–Trinajstić information content (AvgIpc) is 3.04. The largest absolute Gasteiger partial charge is 0.494 e. The Hall–Kier alpha value is -1.86. The molecule has 2 saturated heterocycles. The van der Waals surface area contributed by atoms with Gasteiger partial charge in [-0.2, -0.15) is 0 Å². The molecular weight excluding hydrogens is 355 g/mol. The zero-order valence-electron chi connectivity index (χ0n) is 17.4. The number of anilines is 1. The van der Waals surface area contributed by atoms with Gasteiger partial charge in [0.15, 0.2) is 0 Å². The summed E-state index contributed by atoms with van der Waals surface area (Å²) >= 11 is 0. The lowest BCUT2D eigenvalue weighted by molar-refractivity contribution is -0.134. The SMILES string of the molecule is CCC(=O)N1CCC2(CC1)C(=O)Nc1cc(B3OC(C)(C)C(C)(C)O3)ccc12. The van der Waals surface area contributed by atoms with E-state index in [1.165, 1.54) is 0 Å². The fraction of sp³-hybridized carbons (Fsp3) is 0.619. The highest BCUT2D eigenvalue weighted by atomic mass is 16.7. The van der Waals surface area contributed by atoms with Crippen LogP contribution in [0.5, 0.6) is 0 Å². The highest BCUT2D eigenvalue weighted by Gasteiger charge is 2.53. The van der Waals surface area contributed by atoms with E-state index in [0.717, 1.165) is 16.7 Å². The van der Waals surface area contributed by atoms with Gasteiger partial charge in [-0.3, -0.25) is 9.59 Å². The van der Waals surface area contributed by atoms with Gasteiger partial charge in [0.05, 0.1) is 16.6 Å². The summed E-state index contributed by atoms with van der Waals surface area (Å²) in [7, 11) is -0.451. The lowest BCUT2D eigenvalue weighted by Gasteiger charge is -2.38. The zero-order valence-corrected chi connectivity index (χ0v) is 17.4. The van der Waals surface area contributed by atoms with Crippen LogP contribution in [0.1, 0.15) is 59.4 Å². The van der Waals surface area contributed by atoms with Gasteiger partial charge in [-0.05, 0) is 57.6 Å². The summed E-state index contributed by atoms with van der Waals surface area (Å²) in [6, 6.07) is 6.02. The minimum atomic E-state index is -0.533. The fourth-order valence-electron chi connectivity index (χ4n) is 4.43. The van der Waals surface area contributed by atoms with Gasteiger partial charge < -0.3 is 19.5 Å². The molecular formula is C21H29BN2O4. The van der Waals surface area contributed by atoms with Gasteiger partial charge in [0.1, 0.15) is 0 Å². The Morgan fingerprint density at radius 1 is 1.14 bits per heavy atom. The van der Waals surface area contributed by atoms with Crippen LogP contribution in [0, 0.1) is 0 Å². The number of benzene rings is 1. The van der Waals surface area contributed by atoms with Crippen LogP contribution in [0.4, 0.5) is 5.69 Å². The molecule has 2 amide bonds. The van der Waals surface area contributed by atoms with E-state index in [0.29, 0.717) is 32.4 Å². The summed E-state index contributed by atoms with van der Waals surface area (Å²) in [5.41, 5.74) is 1.44. The molecule has 3 aliphatic heterocycles. The summed E-state index contributed by atoms with van der Waals surface area (Å²) in [4.78, 5) is 26.8. The summed E-state index contributed by atoms with van der Waals surface area (Å²) in [6.07, 6.45) is 1.83. The van der Waals surface area contributed by atoms with Crippen LogP contribution in [-0.2, 0) is 24.3 Å². The molecule has 28 heavy (non-hydrogen) atoms. The third-order valence-corrected chi connectivity index (χ3v) is 7.04. The van der Waals surface area contributed by atoms with Crippen molar-refractivity contribution < 1.29 is 18.9 Å². The maximum absolute atomic E-state index is 12.9. The molecule has 1 aromatic rings. The number of hydrogen-bond acceptors (Lipinski definition) is 4. The molecule has 150 valence electrons. The predicted octanol–water partition coefficient (Wildman–Crippen LogP) is 2.21.